The van der Waals surface area contributed by atoms with E-state index in [1.807, 2.05) is 18.2 Å². The van der Waals surface area contributed by atoms with E-state index in [0.29, 0.717) is 16.1 Å². The number of non-ortho nitro benzene ring substituents is 1. The predicted molar refractivity (Wildman–Crippen MR) is 108 cm³/mol. The van der Waals surface area contributed by atoms with E-state index < -0.39 is 10.8 Å². The highest BCUT2D eigenvalue weighted by molar-refractivity contribution is 7.16. The molecule has 8 heteroatoms. The SMILES string of the molecule is C#CCn1c(=NC(=O)C=Cc2ccc([N+](=O)[O-])cc2)sc2cccc(OC)c21. The maximum Gasteiger partial charge on any atom is 0.272 e. The van der Waals surface area contributed by atoms with Crippen molar-refractivity contribution < 1.29 is 14.5 Å². The summed E-state index contributed by atoms with van der Waals surface area (Å²) in [6.07, 6.45) is 8.33. The van der Waals surface area contributed by atoms with Gasteiger partial charge in [0.1, 0.15) is 11.3 Å². The van der Waals surface area contributed by atoms with Crippen LogP contribution in [-0.2, 0) is 11.3 Å². The molecule has 0 bridgehead atoms. The van der Waals surface area contributed by atoms with Gasteiger partial charge in [-0.1, -0.05) is 23.3 Å². The van der Waals surface area contributed by atoms with Crippen molar-refractivity contribution in [3.63, 3.8) is 0 Å². The zero-order valence-corrected chi connectivity index (χ0v) is 15.7. The Hall–Kier alpha value is -3.70. The third-order valence-corrected chi connectivity index (χ3v) is 4.91. The number of methoxy groups -OCH3 is 1. The summed E-state index contributed by atoms with van der Waals surface area (Å²) < 4.78 is 8.06. The molecule has 0 N–H and O–H groups in total. The molecule has 0 saturated carbocycles. The van der Waals surface area contributed by atoms with Crippen molar-refractivity contribution in [3.05, 3.63) is 69.0 Å². The molecule has 0 fully saturated rings. The summed E-state index contributed by atoms with van der Waals surface area (Å²) in [5.41, 5.74) is 1.44. The summed E-state index contributed by atoms with van der Waals surface area (Å²) in [7, 11) is 1.57. The van der Waals surface area contributed by atoms with Crippen molar-refractivity contribution in [1.82, 2.24) is 4.57 Å². The van der Waals surface area contributed by atoms with Gasteiger partial charge in [0.25, 0.3) is 11.6 Å². The van der Waals surface area contributed by atoms with Crippen molar-refractivity contribution in [2.75, 3.05) is 7.11 Å². The first-order chi connectivity index (χ1) is 13.5. The van der Waals surface area contributed by atoms with Crippen LogP contribution in [-0.4, -0.2) is 22.5 Å². The number of thiazole rings is 1. The molecule has 0 atom stereocenters. The third-order valence-electron chi connectivity index (χ3n) is 3.86. The van der Waals surface area contributed by atoms with Crippen LogP contribution in [0.1, 0.15) is 5.56 Å². The van der Waals surface area contributed by atoms with E-state index in [1.165, 1.54) is 29.5 Å². The molecule has 1 aromatic heterocycles. The molecular formula is C20H15N3O4S. The van der Waals surface area contributed by atoms with E-state index in [4.69, 9.17) is 11.2 Å². The number of para-hydroxylation sites is 1. The molecule has 0 saturated heterocycles. The summed E-state index contributed by atoms with van der Waals surface area (Å²) in [6, 6.07) is 11.5. The van der Waals surface area contributed by atoms with Crippen LogP contribution >= 0.6 is 11.3 Å². The molecule has 2 aromatic carbocycles. The number of aromatic nitrogens is 1. The van der Waals surface area contributed by atoms with Crippen LogP contribution in [0.15, 0.2) is 53.5 Å². The molecule has 3 aromatic rings. The number of hydrogen-bond acceptors (Lipinski definition) is 5. The van der Waals surface area contributed by atoms with Gasteiger partial charge >= 0.3 is 0 Å². The highest BCUT2D eigenvalue weighted by Crippen LogP contribution is 2.27. The monoisotopic (exact) mass is 393 g/mol. The number of rotatable bonds is 5. The number of benzene rings is 2. The van der Waals surface area contributed by atoms with Crippen LogP contribution in [0.4, 0.5) is 5.69 Å². The molecule has 0 spiro atoms. The average Bonchev–Trinajstić information content (AvgIpc) is 3.04. The van der Waals surface area contributed by atoms with E-state index in [2.05, 4.69) is 10.9 Å². The quantitative estimate of drug-likeness (QED) is 0.288. The van der Waals surface area contributed by atoms with Crippen LogP contribution in [0.5, 0.6) is 5.75 Å². The summed E-state index contributed by atoms with van der Waals surface area (Å²) >= 11 is 1.34. The van der Waals surface area contributed by atoms with E-state index >= 15 is 0 Å². The highest BCUT2D eigenvalue weighted by atomic mass is 32.1. The fourth-order valence-electron chi connectivity index (χ4n) is 2.59. The lowest BCUT2D eigenvalue weighted by molar-refractivity contribution is -0.384. The minimum absolute atomic E-state index is 0.0114. The predicted octanol–water partition coefficient (Wildman–Crippen LogP) is 3.39. The molecule has 1 amide bonds. The minimum atomic E-state index is -0.478. The topological polar surface area (TPSA) is 86.7 Å². The number of nitrogens with zero attached hydrogens (tertiary/aromatic N) is 3. The van der Waals surface area contributed by atoms with E-state index in [-0.39, 0.29) is 12.2 Å². The largest absolute Gasteiger partial charge is 0.495 e. The van der Waals surface area contributed by atoms with Crippen molar-refractivity contribution in [2.24, 2.45) is 4.99 Å². The number of carbonyl (C=O) groups is 1. The molecule has 0 aliphatic rings. The molecule has 7 nitrogen and oxygen atoms in total. The molecular weight excluding hydrogens is 378 g/mol. The van der Waals surface area contributed by atoms with Gasteiger partial charge < -0.3 is 9.30 Å². The Morgan fingerprint density at radius 2 is 2.11 bits per heavy atom. The fraction of sp³-hybridized carbons (Fsp3) is 0.100. The number of hydrogen-bond donors (Lipinski definition) is 0. The second-order valence-electron chi connectivity index (χ2n) is 5.61. The van der Waals surface area contributed by atoms with Crippen molar-refractivity contribution >= 4 is 39.2 Å². The van der Waals surface area contributed by atoms with E-state index in [1.54, 1.807) is 29.9 Å². The Morgan fingerprint density at radius 3 is 2.75 bits per heavy atom. The smallest absolute Gasteiger partial charge is 0.272 e. The first-order valence-electron chi connectivity index (χ1n) is 8.14. The first kappa shape index (κ1) is 19.1. The van der Waals surface area contributed by atoms with Gasteiger partial charge in [0, 0.05) is 18.2 Å². The van der Waals surface area contributed by atoms with Gasteiger partial charge in [-0.15, -0.1) is 6.42 Å². The molecule has 0 aliphatic carbocycles. The van der Waals surface area contributed by atoms with Crippen molar-refractivity contribution in [1.29, 1.82) is 0 Å². The number of nitro groups is 1. The van der Waals surface area contributed by atoms with Crippen LogP contribution in [0.3, 0.4) is 0 Å². The minimum Gasteiger partial charge on any atom is -0.495 e. The summed E-state index contributed by atoms with van der Waals surface area (Å²) in [6.45, 7) is 0.249. The summed E-state index contributed by atoms with van der Waals surface area (Å²) in [5, 5.41) is 10.7. The second kappa shape index (κ2) is 8.33. The van der Waals surface area contributed by atoms with Gasteiger partial charge in [-0.25, -0.2) is 0 Å². The number of amides is 1. The lowest BCUT2D eigenvalue weighted by Gasteiger charge is -2.05. The Morgan fingerprint density at radius 1 is 1.36 bits per heavy atom. The zero-order chi connectivity index (χ0) is 20.1. The first-order valence-corrected chi connectivity index (χ1v) is 8.96. The van der Waals surface area contributed by atoms with Crippen molar-refractivity contribution in [2.45, 2.75) is 6.54 Å². The highest BCUT2D eigenvalue weighted by Gasteiger charge is 2.11. The average molecular weight is 393 g/mol. The van der Waals surface area contributed by atoms with Crippen LogP contribution in [0, 0.1) is 22.5 Å². The van der Waals surface area contributed by atoms with Gasteiger partial charge in [-0.05, 0) is 35.9 Å². The van der Waals surface area contributed by atoms with E-state index in [9.17, 15) is 14.9 Å². The normalized spacial score (nSPS) is 11.6. The molecule has 1 heterocycles. The van der Waals surface area contributed by atoms with Gasteiger partial charge in [-0.2, -0.15) is 4.99 Å². The molecule has 28 heavy (non-hydrogen) atoms. The summed E-state index contributed by atoms with van der Waals surface area (Å²) in [4.78, 5) is 27.1. The maximum absolute atomic E-state index is 12.3. The molecule has 0 aliphatic heterocycles. The molecule has 0 radical (unpaired) electrons. The second-order valence-corrected chi connectivity index (χ2v) is 6.62. The number of terminal acetylenes is 1. The Labute approximate surface area is 164 Å². The Kier molecular flexibility index (Phi) is 5.67. The number of nitro benzene ring substituents is 1. The number of fused-ring (bicyclic) bond motifs is 1. The van der Waals surface area contributed by atoms with E-state index in [0.717, 1.165) is 10.2 Å². The van der Waals surface area contributed by atoms with Crippen LogP contribution in [0.25, 0.3) is 16.3 Å². The van der Waals surface area contributed by atoms with Gasteiger partial charge in [0.15, 0.2) is 4.80 Å². The van der Waals surface area contributed by atoms with Crippen LogP contribution in [0.2, 0.25) is 0 Å². The molecule has 0 unspecified atom stereocenters. The lowest BCUT2D eigenvalue weighted by atomic mass is 10.2. The molecule has 3 rings (SSSR count). The zero-order valence-electron chi connectivity index (χ0n) is 14.9. The Balaban J connectivity index is 1.95. The third kappa shape index (κ3) is 4.00. The lowest BCUT2D eigenvalue weighted by Crippen LogP contribution is -2.16. The van der Waals surface area contributed by atoms with Crippen molar-refractivity contribution in [3.8, 4) is 18.1 Å². The Bertz CT molecular complexity index is 1180. The number of carbonyl (C=O) groups excluding carboxylic acids is 1. The summed E-state index contributed by atoms with van der Waals surface area (Å²) in [5.74, 6) is 2.76. The molecule has 140 valence electrons. The van der Waals surface area contributed by atoms with Gasteiger partial charge in [0.05, 0.1) is 23.3 Å². The van der Waals surface area contributed by atoms with Gasteiger partial charge in [-0.3, -0.25) is 14.9 Å². The maximum atomic E-state index is 12.3. The van der Waals surface area contributed by atoms with Gasteiger partial charge in [0.2, 0.25) is 0 Å². The number of ether oxygens (including phenoxy) is 1. The fourth-order valence-corrected chi connectivity index (χ4v) is 3.64. The standard InChI is InChI=1S/C20H15N3O4S/c1-3-13-22-19-16(27-2)5-4-6-17(19)28-20(22)21-18(24)12-9-14-7-10-15(11-8-14)23(25)26/h1,4-12H,13H2,2H3. The van der Waals surface area contributed by atoms with Crippen LogP contribution < -0.4 is 9.54 Å².